The third-order valence-electron chi connectivity index (χ3n) is 2.76. The molecule has 2 heterocycles. The number of aromatic nitrogens is 4. The maximum absolute atomic E-state index is 8.68. The predicted octanol–water partition coefficient (Wildman–Crippen LogP) is 2.25. The molecule has 1 aromatic carbocycles. The van der Waals surface area contributed by atoms with Crippen LogP contribution in [-0.2, 0) is 13.0 Å². The van der Waals surface area contributed by atoms with Crippen molar-refractivity contribution in [1.82, 2.24) is 19.7 Å². The van der Waals surface area contributed by atoms with Crippen LogP contribution in [0.2, 0.25) is 0 Å². The van der Waals surface area contributed by atoms with Gasteiger partial charge in [-0.15, -0.1) is 16.4 Å². The Morgan fingerprint density at radius 1 is 1.25 bits per heavy atom. The van der Waals surface area contributed by atoms with Crippen LogP contribution in [0, 0.1) is 11.3 Å². The molecule has 20 heavy (non-hydrogen) atoms. The Bertz CT molecular complexity index is 738. The Kier molecular flexibility index (Phi) is 3.52. The third-order valence-corrected chi connectivity index (χ3v) is 3.66. The Morgan fingerprint density at radius 3 is 2.85 bits per heavy atom. The molecule has 98 valence electrons. The largest absolute Gasteiger partial charge is 0.252 e. The molecule has 0 saturated carbocycles. The molecule has 0 aliphatic rings. The van der Waals surface area contributed by atoms with Crippen molar-refractivity contribution in [2.75, 3.05) is 0 Å². The first-order valence-corrected chi connectivity index (χ1v) is 6.98. The molecule has 0 atom stereocenters. The minimum Gasteiger partial charge on any atom is -0.246 e. The van der Waals surface area contributed by atoms with Crippen LogP contribution in [-0.4, -0.2) is 19.7 Å². The maximum Gasteiger partial charge on any atom is 0.252 e. The first-order valence-electron chi connectivity index (χ1n) is 6.10. The van der Waals surface area contributed by atoms with E-state index in [9.17, 15) is 0 Å². The van der Waals surface area contributed by atoms with Crippen molar-refractivity contribution >= 4 is 11.3 Å². The van der Waals surface area contributed by atoms with Gasteiger partial charge in [-0.2, -0.15) is 5.26 Å². The molecule has 3 rings (SSSR count). The zero-order valence-electron chi connectivity index (χ0n) is 10.6. The number of hydrogen-bond donors (Lipinski definition) is 0. The van der Waals surface area contributed by atoms with E-state index in [2.05, 4.69) is 27.2 Å². The molecule has 0 fully saturated rings. The molecule has 6 heteroatoms. The topological polar surface area (TPSA) is 67.4 Å². The predicted molar refractivity (Wildman–Crippen MR) is 75.2 cm³/mol. The fourth-order valence-corrected chi connectivity index (χ4v) is 2.68. The zero-order chi connectivity index (χ0) is 13.8. The maximum atomic E-state index is 8.68. The number of benzene rings is 1. The second kappa shape index (κ2) is 5.63. The Labute approximate surface area is 120 Å². The summed E-state index contributed by atoms with van der Waals surface area (Å²) in [6.07, 6.45) is 2.39. The van der Waals surface area contributed by atoms with Gasteiger partial charge in [-0.1, -0.05) is 30.3 Å². The molecule has 0 bridgehead atoms. The minimum atomic E-state index is 0.185. The van der Waals surface area contributed by atoms with Crippen molar-refractivity contribution in [2.24, 2.45) is 0 Å². The van der Waals surface area contributed by atoms with E-state index in [-0.39, 0.29) is 5.82 Å². The normalized spacial score (nSPS) is 10.3. The van der Waals surface area contributed by atoms with E-state index in [1.807, 2.05) is 29.6 Å². The van der Waals surface area contributed by atoms with Gasteiger partial charge in [0.25, 0.3) is 5.82 Å². The Balaban J connectivity index is 1.69. The van der Waals surface area contributed by atoms with E-state index in [1.54, 1.807) is 22.3 Å². The standard InChI is InChI=1S/C14H11N5S/c15-7-13-16-10-19(18-13)8-12-9-20-14(17-12)6-11-4-2-1-3-5-11/h1-5,9-10H,6,8H2. The molecule has 0 saturated heterocycles. The second-order valence-corrected chi connectivity index (χ2v) is 5.22. The Morgan fingerprint density at radius 2 is 2.10 bits per heavy atom. The lowest BCUT2D eigenvalue weighted by Gasteiger charge is -1.97. The monoisotopic (exact) mass is 281 g/mol. The average molecular weight is 281 g/mol. The van der Waals surface area contributed by atoms with Crippen molar-refractivity contribution in [1.29, 1.82) is 5.26 Å². The number of thiazole rings is 1. The van der Waals surface area contributed by atoms with Gasteiger partial charge >= 0.3 is 0 Å². The molecular weight excluding hydrogens is 270 g/mol. The summed E-state index contributed by atoms with van der Waals surface area (Å²) in [5, 5.41) is 15.8. The van der Waals surface area contributed by atoms with Crippen LogP contribution in [0.1, 0.15) is 22.1 Å². The Hall–Kier alpha value is -2.52. The van der Waals surface area contributed by atoms with Crippen LogP contribution < -0.4 is 0 Å². The third kappa shape index (κ3) is 2.90. The quantitative estimate of drug-likeness (QED) is 0.735. The highest BCUT2D eigenvalue weighted by Gasteiger charge is 2.05. The van der Waals surface area contributed by atoms with E-state index >= 15 is 0 Å². The summed E-state index contributed by atoms with van der Waals surface area (Å²) >= 11 is 1.64. The van der Waals surface area contributed by atoms with Crippen molar-refractivity contribution < 1.29 is 0 Å². The number of nitriles is 1. The van der Waals surface area contributed by atoms with Crippen LogP contribution in [0.25, 0.3) is 0 Å². The first-order chi connectivity index (χ1) is 9.83. The van der Waals surface area contributed by atoms with Gasteiger partial charge in [0.2, 0.25) is 0 Å². The van der Waals surface area contributed by atoms with E-state index in [0.29, 0.717) is 6.54 Å². The van der Waals surface area contributed by atoms with Gasteiger partial charge in [-0.25, -0.2) is 14.6 Å². The van der Waals surface area contributed by atoms with Crippen LogP contribution in [0.4, 0.5) is 0 Å². The van der Waals surface area contributed by atoms with Gasteiger partial charge in [-0.05, 0) is 5.56 Å². The lowest BCUT2D eigenvalue weighted by Crippen LogP contribution is -2.01. The van der Waals surface area contributed by atoms with Gasteiger partial charge in [0.15, 0.2) is 0 Å². The number of hydrogen-bond acceptors (Lipinski definition) is 5. The number of rotatable bonds is 4. The zero-order valence-corrected chi connectivity index (χ0v) is 11.4. The lowest BCUT2D eigenvalue weighted by atomic mass is 10.2. The van der Waals surface area contributed by atoms with Gasteiger partial charge in [0.1, 0.15) is 12.4 Å². The summed E-state index contributed by atoms with van der Waals surface area (Å²) < 4.78 is 1.62. The first kappa shape index (κ1) is 12.5. The highest BCUT2D eigenvalue weighted by Crippen LogP contribution is 2.15. The lowest BCUT2D eigenvalue weighted by molar-refractivity contribution is 0.670. The molecule has 0 N–H and O–H groups in total. The molecule has 0 aliphatic heterocycles. The summed E-state index contributed by atoms with van der Waals surface area (Å²) in [7, 11) is 0. The van der Waals surface area contributed by atoms with E-state index in [4.69, 9.17) is 5.26 Å². The fraction of sp³-hybridized carbons (Fsp3) is 0.143. The van der Waals surface area contributed by atoms with E-state index < -0.39 is 0 Å². The molecular formula is C14H11N5S. The van der Waals surface area contributed by atoms with Crippen molar-refractivity contribution in [3.05, 3.63) is 64.1 Å². The van der Waals surface area contributed by atoms with Crippen molar-refractivity contribution in [3.8, 4) is 6.07 Å². The van der Waals surface area contributed by atoms with Crippen LogP contribution in [0.3, 0.4) is 0 Å². The van der Waals surface area contributed by atoms with Gasteiger partial charge in [0.05, 0.1) is 17.2 Å². The summed E-state index contributed by atoms with van der Waals surface area (Å²) in [5.74, 6) is 0.185. The highest BCUT2D eigenvalue weighted by atomic mass is 32.1. The molecule has 5 nitrogen and oxygen atoms in total. The van der Waals surface area contributed by atoms with Gasteiger partial charge < -0.3 is 0 Å². The second-order valence-electron chi connectivity index (χ2n) is 4.27. The highest BCUT2D eigenvalue weighted by molar-refractivity contribution is 7.09. The molecule has 3 aromatic rings. The minimum absolute atomic E-state index is 0.185. The molecule has 0 aliphatic carbocycles. The fourth-order valence-electron chi connectivity index (χ4n) is 1.86. The molecule has 0 radical (unpaired) electrons. The van der Waals surface area contributed by atoms with Crippen LogP contribution in [0.5, 0.6) is 0 Å². The summed E-state index contributed by atoms with van der Waals surface area (Å²) in [4.78, 5) is 8.45. The van der Waals surface area contributed by atoms with E-state index in [1.165, 1.54) is 5.56 Å². The van der Waals surface area contributed by atoms with Crippen LogP contribution >= 0.6 is 11.3 Å². The van der Waals surface area contributed by atoms with Gasteiger partial charge in [-0.3, -0.25) is 0 Å². The summed E-state index contributed by atoms with van der Waals surface area (Å²) in [6.45, 7) is 0.542. The van der Waals surface area contributed by atoms with Gasteiger partial charge in [0, 0.05) is 11.8 Å². The molecule has 0 unspecified atom stereocenters. The van der Waals surface area contributed by atoms with Crippen LogP contribution in [0.15, 0.2) is 42.0 Å². The van der Waals surface area contributed by atoms with Crippen molar-refractivity contribution in [3.63, 3.8) is 0 Å². The average Bonchev–Trinajstić information content (AvgIpc) is 3.10. The summed E-state index contributed by atoms with van der Waals surface area (Å²) in [5.41, 5.74) is 2.19. The number of nitrogens with zero attached hydrogens (tertiary/aromatic N) is 5. The van der Waals surface area contributed by atoms with E-state index in [0.717, 1.165) is 17.1 Å². The molecule has 0 spiro atoms. The molecule has 0 amide bonds. The smallest absolute Gasteiger partial charge is 0.246 e. The van der Waals surface area contributed by atoms with Crippen molar-refractivity contribution in [2.45, 2.75) is 13.0 Å². The molecule has 2 aromatic heterocycles. The SMILES string of the molecule is N#Cc1ncn(Cc2csc(Cc3ccccc3)n2)n1. The summed E-state index contributed by atoms with van der Waals surface area (Å²) in [6, 6.07) is 12.2.